The number of benzene rings is 1. The lowest BCUT2D eigenvalue weighted by atomic mass is 9.95. The van der Waals surface area contributed by atoms with E-state index in [4.69, 9.17) is 5.73 Å². The lowest BCUT2D eigenvalue weighted by molar-refractivity contribution is 0.252. The number of hydrogen-bond donors (Lipinski definition) is 1. The highest BCUT2D eigenvalue weighted by atomic mass is 32.2. The lowest BCUT2D eigenvalue weighted by Crippen LogP contribution is -2.28. The van der Waals surface area contributed by atoms with E-state index >= 15 is 0 Å². The number of alkyl halides is 2. The number of hydrogen-bond acceptors (Lipinski definition) is 2. The topological polar surface area (TPSA) is 38.4 Å². The summed E-state index contributed by atoms with van der Waals surface area (Å²) in [6, 6.07) is 6.76. The van der Waals surface area contributed by atoms with Crippen LogP contribution in [0, 0.1) is 5.41 Å². The van der Waals surface area contributed by atoms with E-state index in [9.17, 15) is 8.78 Å². The third-order valence-electron chi connectivity index (χ3n) is 2.09. The number of rotatable bonds is 3. The molecule has 94 valence electrons. The molecule has 0 bridgehead atoms. The molecule has 0 saturated heterocycles. The molecule has 0 aliphatic rings. The number of nitrogens with zero attached hydrogens (tertiary/aromatic N) is 1. The Morgan fingerprint density at radius 2 is 1.88 bits per heavy atom. The molecule has 0 atom stereocenters. The summed E-state index contributed by atoms with van der Waals surface area (Å²) in [5.41, 5.74) is 6.05. The summed E-state index contributed by atoms with van der Waals surface area (Å²) < 4.78 is 24.7. The normalized spacial score (nSPS) is 13.2. The molecule has 1 aromatic carbocycles. The Labute approximate surface area is 104 Å². The molecule has 0 amide bonds. The van der Waals surface area contributed by atoms with E-state index in [2.05, 4.69) is 4.99 Å². The quantitative estimate of drug-likeness (QED) is 0.505. The van der Waals surface area contributed by atoms with Crippen molar-refractivity contribution in [3.8, 4) is 0 Å². The molecule has 2 nitrogen and oxygen atoms in total. The molecule has 0 heterocycles. The predicted molar refractivity (Wildman–Crippen MR) is 69.0 cm³/mol. The first-order valence-electron chi connectivity index (χ1n) is 5.19. The van der Waals surface area contributed by atoms with Gasteiger partial charge < -0.3 is 5.73 Å². The van der Waals surface area contributed by atoms with Gasteiger partial charge in [0.15, 0.2) is 0 Å². The van der Waals surface area contributed by atoms with Gasteiger partial charge in [-0.2, -0.15) is 8.78 Å². The minimum Gasteiger partial charge on any atom is -0.387 e. The maximum atomic E-state index is 12.4. The van der Waals surface area contributed by atoms with Crippen molar-refractivity contribution in [3.05, 3.63) is 24.3 Å². The first-order chi connectivity index (χ1) is 7.80. The highest BCUT2D eigenvalue weighted by Gasteiger charge is 2.16. The van der Waals surface area contributed by atoms with Crippen LogP contribution in [-0.2, 0) is 0 Å². The monoisotopic (exact) mass is 258 g/mol. The molecule has 0 saturated carbocycles. The van der Waals surface area contributed by atoms with Crippen LogP contribution in [0.5, 0.6) is 0 Å². The average molecular weight is 258 g/mol. The van der Waals surface area contributed by atoms with Gasteiger partial charge in [-0.1, -0.05) is 44.7 Å². The second kappa shape index (κ2) is 5.49. The van der Waals surface area contributed by atoms with Gasteiger partial charge >= 0.3 is 0 Å². The van der Waals surface area contributed by atoms with Gasteiger partial charge in [-0.05, 0) is 12.1 Å². The molecule has 1 rings (SSSR count). The summed E-state index contributed by atoms with van der Waals surface area (Å²) in [6.45, 7) is 5.78. The van der Waals surface area contributed by atoms with Crippen LogP contribution in [-0.4, -0.2) is 11.6 Å². The molecule has 0 unspecified atom stereocenters. The summed E-state index contributed by atoms with van der Waals surface area (Å²) in [6.07, 6.45) is 0. The fraction of sp³-hybridized carbons (Fsp3) is 0.417. The van der Waals surface area contributed by atoms with Gasteiger partial charge in [0.2, 0.25) is 0 Å². The molecule has 0 spiro atoms. The Morgan fingerprint density at radius 3 is 2.41 bits per heavy atom. The van der Waals surface area contributed by atoms with Crippen molar-refractivity contribution in [3.63, 3.8) is 0 Å². The lowest BCUT2D eigenvalue weighted by Gasteiger charge is -2.17. The third kappa shape index (κ3) is 4.34. The van der Waals surface area contributed by atoms with Crippen LogP contribution in [0.2, 0.25) is 0 Å². The minimum atomic E-state index is -2.46. The van der Waals surface area contributed by atoms with E-state index in [1.54, 1.807) is 24.3 Å². The molecule has 0 fully saturated rings. The van der Waals surface area contributed by atoms with Gasteiger partial charge in [-0.3, -0.25) is 0 Å². The minimum absolute atomic E-state index is 0.275. The van der Waals surface area contributed by atoms with Crippen molar-refractivity contribution < 1.29 is 8.78 Å². The van der Waals surface area contributed by atoms with Gasteiger partial charge in [0, 0.05) is 10.3 Å². The van der Waals surface area contributed by atoms with Crippen molar-refractivity contribution in [2.45, 2.75) is 31.4 Å². The summed E-state index contributed by atoms with van der Waals surface area (Å²) in [4.78, 5) is 4.66. The zero-order chi connectivity index (χ0) is 13.1. The van der Waals surface area contributed by atoms with E-state index < -0.39 is 5.76 Å². The van der Waals surface area contributed by atoms with Crippen LogP contribution in [0.25, 0.3) is 0 Å². The molecule has 0 aliphatic carbocycles. The van der Waals surface area contributed by atoms with Gasteiger partial charge in [0.1, 0.15) is 5.84 Å². The molecule has 17 heavy (non-hydrogen) atoms. The number of aliphatic imine (C=N–C) groups is 1. The Bertz CT molecular complexity index is 411. The van der Waals surface area contributed by atoms with Crippen LogP contribution in [0.3, 0.4) is 0 Å². The zero-order valence-electron chi connectivity index (χ0n) is 10.1. The molecular formula is C12H16F2N2S. The number of thioether (sulfide) groups is 1. The van der Waals surface area contributed by atoms with E-state index in [1.165, 1.54) is 0 Å². The van der Waals surface area contributed by atoms with Crippen molar-refractivity contribution in [1.29, 1.82) is 0 Å². The Kier molecular flexibility index (Phi) is 4.51. The standard InChI is InChI=1S/C12H16F2N2S/c1-12(2,3)10(15)16-8-6-4-5-7-9(8)17-11(13)14/h4-7,11H,1-3H3,(H2,15,16). The average Bonchev–Trinajstić information content (AvgIpc) is 2.18. The van der Waals surface area contributed by atoms with Gasteiger partial charge in [0.25, 0.3) is 5.76 Å². The second-order valence-electron chi connectivity index (χ2n) is 4.59. The van der Waals surface area contributed by atoms with Crippen LogP contribution in [0.1, 0.15) is 20.8 Å². The van der Waals surface area contributed by atoms with E-state index in [1.807, 2.05) is 20.8 Å². The molecule has 0 radical (unpaired) electrons. The van der Waals surface area contributed by atoms with Crippen molar-refractivity contribution in [1.82, 2.24) is 0 Å². The van der Waals surface area contributed by atoms with Crippen LogP contribution in [0.15, 0.2) is 34.2 Å². The first-order valence-corrected chi connectivity index (χ1v) is 6.07. The summed E-state index contributed by atoms with van der Waals surface area (Å²) in [7, 11) is 0. The fourth-order valence-corrected chi connectivity index (χ4v) is 1.63. The van der Waals surface area contributed by atoms with Crippen molar-refractivity contribution in [2.75, 3.05) is 0 Å². The second-order valence-corrected chi connectivity index (χ2v) is 5.63. The summed E-state index contributed by atoms with van der Waals surface area (Å²) >= 11 is 0.482. The van der Waals surface area contributed by atoms with E-state index in [0.29, 0.717) is 28.2 Å². The highest BCUT2D eigenvalue weighted by Crippen LogP contribution is 2.34. The third-order valence-corrected chi connectivity index (χ3v) is 2.87. The SMILES string of the molecule is CC(C)(C)C(N)=Nc1ccccc1SC(F)F. The van der Waals surface area contributed by atoms with E-state index in [0.717, 1.165) is 0 Å². The molecule has 5 heteroatoms. The smallest absolute Gasteiger partial charge is 0.288 e. The summed E-state index contributed by atoms with van der Waals surface area (Å²) in [5, 5.41) is 0. The molecule has 0 aromatic heterocycles. The maximum absolute atomic E-state index is 12.4. The Morgan fingerprint density at radius 1 is 1.29 bits per heavy atom. The van der Waals surface area contributed by atoms with Crippen LogP contribution >= 0.6 is 11.8 Å². The maximum Gasteiger partial charge on any atom is 0.288 e. The number of para-hydroxylation sites is 1. The van der Waals surface area contributed by atoms with Gasteiger partial charge in [0.05, 0.1) is 5.69 Å². The Hall–Kier alpha value is -1.10. The van der Waals surface area contributed by atoms with E-state index in [-0.39, 0.29) is 5.41 Å². The number of amidine groups is 1. The van der Waals surface area contributed by atoms with Crippen molar-refractivity contribution >= 4 is 23.3 Å². The molecular weight excluding hydrogens is 242 g/mol. The molecule has 1 aromatic rings. The van der Waals surface area contributed by atoms with Crippen LogP contribution < -0.4 is 5.73 Å². The first kappa shape index (κ1) is 14.0. The largest absolute Gasteiger partial charge is 0.387 e. The number of halogens is 2. The number of nitrogens with two attached hydrogens (primary N) is 1. The van der Waals surface area contributed by atoms with Crippen LogP contribution in [0.4, 0.5) is 14.5 Å². The van der Waals surface area contributed by atoms with Gasteiger partial charge in [-0.25, -0.2) is 4.99 Å². The zero-order valence-corrected chi connectivity index (χ0v) is 10.9. The van der Waals surface area contributed by atoms with Gasteiger partial charge in [-0.15, -0.1) is 0 Å². The fourth-order valence-electron chi connectivity index (χ4n) is 1.04. The predicted octanol–water partition coefficient (Wildman–Crippen LogP) is 4.04. The highest BCUT2D eigenvalue weighted by molar-refractivity contribution is 7.99. The Balaban J connectivity index is 3.06. The molecule has 0 aliphatic heterocycles. The summed E-state index contributed by atoms with van der Waals surface area (Å²) in [5.74, 6) is -2.03. The van der Waals surface area contributed by atoms with Crippen molar-refractivity contribution in [2.24, 2.45) is 16.1 Å². The molecule has 2 N–H and O–H groups in total.